The summed E-state index contributed by atoms with van der Waals surface area (Å²) >= 11 is 0. The van der Waals surface area contributed by atoms with Crippen LogP contribution in [0.5, 0.6) is 0 Å². The minimum absolute atomic E-state index is 0.0139. The highest BCUT2D eigenvalue weighted by atomic mass is 16.8. The van der Waals surface area contributed by atoms with Crippen molar-refractivity contribution in [1.82, 2.24) is 0 Å². The van der Waals surface area contributed by atoms with E-state index in [-0.39, 0.29) is 40.0 Å². The molecule has 1 fully saturated rings. The van der Waals surface area contributed by atoms with Gasteiger partial charge in [-0.15, -0.1) is 10.5 Å². The van der Waals surface area contributed by atoms with Gasteiger partial charge in [-0.1, -0.05) is 6.92 Å². The van der Waals surface area contributed by atoms with E-state index in [1.165, 1.54) is 12.1 Å². The number of nitrogens with one attached hydrogen (secondary N) is 1. The van der Waals surface area contributed by atoms with Crippen LogP contribution < -0.4 is 15.9 Å². The SMILES string of the molecule is CC1CCC(=NNc2ccc(N(O)O)cc2N(O)O)C1CO. The molecule has 0 amide bonds. The second kappa shape index (κ2) is 6.90. The third kappa shape index (κ3) is 3.46. The van der Waals surface area contributed by atoms with E-state index in [0.717, 1.165) is 24.6 Å². The molecule has 1 aliphatic rings. The molecule has 0 bridgehead atoms. The van der Waals surface area contributed by atoms with Gasteiger partial charge in [0.25, 0.3) is 0 Å². The Hall–Kier alpha value is -1.91. The maximum Gasteiger partial charge on any atom is 0.121 e. The summed E-state index contributed by atoms with van der Waals surface area (Å²) in [4.78, 5) is 0. The van der Waals surface area contributed by atoms with Crippen molar-refractivity contribution in [3.63, 3.8) is 0 Å². The predicted molar refractivity (Wildman–Crippen MR) is 78.6 cm³/mol. The van der Waals surface area contributed by atoms with Gasteiger partial charge in [0.2, 0.25) is 0 Å². The fourth-order valence-electron chi connectivity index (χ4n) is 2.55. The number of aliphatic hydroxyl groups is 1. The molecule has 0 saturated heterocycles. The number of hydrogen-bond donors (Lipinski definition) is 6. The topological polar surface area (TPSA) is 132 Å². The number of hydrogen-bond acceptors (Lipinski definition) is 9. The molecule has 9 nitrogen and oxygen atoms in total. The Kier molecular flexibility index (Phi) is 5.16. The smallest absolute Gasteiger partial charge is 0.121 e. The lowest BCUT2D eigenvalue weighted by Crippen LogP contribution is -2.19. The predicted octanol–water partition coefficient (Wildman–Crippen LogP) is 1.66. The van der Waals surface area contributed by atoms with E-state index in [2.05, 4.69) is 10.5 Å². The minimum Gasteiger partial charge on any atom is -0.396 e. The molecule has 9 heteroatoms. The first-order chi connectivity index (χ1) is 10.4. The zero-order chi connectivity index (χ0) is 16.3. The number of hydrazone groups is 1. The first kappa shape index (κ1) is 16.5. The summed E-state index contributed by atoms with van der Waals surface area (Å²) < 4.78 is 0. The molecule has 0 radical (unpaired) electrons. The van der Waals surface area contributed by atoms with E-state index in [1.54, 1.807) is 0 Å². The van der Waals surface area contributed by atoms with Crippen molar-refractivity contribution in [3.8, 4) is 0 Å². The van der Waals surface area contributed by atoms with Gasteiger partial charge in [0.15, 0.2) is 0 Å². The van der Waals surface area contributed by atoms with Crippen molar-refractivity contribution in [3.05, 3.63) is 18.2 Å². The summed E-state index contributed by atoms with van der Waals surface area (Å²) in [5, 5.41) is 49.7. The summed E-state index contributed by atoms with van der Waals surface area (Å²) in [6.45, 7) is 2.06. The van der Waals surface area contributed by atoms with Gasteiger partial charge in [-0.2, -0.15) is 5.10 Å². The second-order valence-electron chi connectivity index (χ2n) is 5.30. The fourth-order valence-corrected chi connectivity index (χ4v) is 2.55. The van der Waals surface area contributed by atoms with Gasteiger partial charge in [0.05, 0.1) is 18.0 Å². The first-order valence-electron chi connectivity index (χ1n) is 6.87. The fraction of sp³-hybridized carbons (Fsp3) is 0.462. The van der Waals surface area contributed by atoms with Gasteiger partial charge in [0, 0.05) is 11.6 Å². The lowest BCUT2D eigenvalue weighted by atomic mass is 9.98. The van der Waals surface area contributed by atoms with E-state index in [1.807, 2.05) is 6.92 Å². The second-order valence-corrected chi connectivity index (χ2v) is 5.30. The van der Waals surface area contributed by atoms with E-state index in [0.29, 0.717) is 5.92 Å². The lowest BCUT2D eigenvalue weighted by Gasteiger charge is -2.17. The molecule has 1 aromatic carbocycles. The highest BCUT2D eigenvalue weighted by Gasteiger charge is 2.29. The number of aliphatic hydroxyl groups excluding tert-OH is 1. The van der Waals surface area contributed by atoms with Crippen LogP contribution in [0, 0.1) is 11.8 Å². The Morgan fingerprint density at radius 2 is 1.95 bits per heavy atom. The van der Waals surface area contributed by atoms with Gasteiger partial charge in [-0.3, -0.25) is 26.3 Å². The normalized spacial score (nSPS) is 22.9. The van der Waals surface area contributed by atoms with Crippen LogP contribution in [0.25, 0.3) is 0 Å². The molecular formula is C13H20N4O5. The molecule has 1 aromatic rings. The summed E-state index contributed by atoms with van der Waals surface area (Å²) in [6.07, 6.45) is 1.70. The summed E-state index contributed by atoms with van der Waals surface area (Å²) in [7, 11) is 0. The molecule has 2 atom stereocenters. The van der Waals surface area contributed by atoms with Crippen molar-refractivity contribution >= 4 is 22.8 Å². The van der Waals surface area contributed by atoms with Gasteiger partial charge >= 0.3 is 0 Å². The maximum atomic E-state index is 9.39. The molecule has 122 valence electrons. The molecule has 0 aromatic heterocycles. The highest BCUT2D eigenvalue weighted by Crippen LogP contribution is 2.31. The van der Waals surface area contributed by atoms with E-state index < -0.39 is 0 Å². The minimum atomic E-state index is -0.143. The van der Waals surface area contributed by atoms with E-state index >= 15 is 0 Å². The Morgan fingerprint density at radius 3 is 2.55 bits per heavy atom. The molecule has 0 spiro atoms. The zero-order valence-electron chi connectivity index (χ0n) is 12.1. The third-order valence-corrected chi connectivity index (χ3v) is 3.92. The number of benzene rings is 1. The molecule has 1 aliphatic carbocycles. The van der Waals surface area contributed by atoms with E-state index in [4.69, 9.17) is 10.4 Å². The monoisotopic (exact) mass is 312 g/mol. The van der Waals surface area contributed by atoms with Gasteiger partial charge in [0.1, 0.15) is 5.69 Å². The molecular weight excluding hydrogens is 292 g/mol. The highest BCUT2D eigenvalue weighted by molar-refractivity contribution is 5.90. The third-order valence-electron chi connectivity index (χ3n) is 3.92. The molecule has 1 saturated carbocycles. The Balaban J connectivity index is 2.22. The van der Waals surface area contributed by atoms with Crippen LogP contribution in [0.4, 0.5) is 17.1 Å². The van der Waals surface area contributed by atoms with Gasteiger partial charge in [-0.25, -0.2) is 0 Å². The first-order valence-corrected chi connectivity index (χ1v) is 6.87. The molecule has 6 N–H and O–H groups in total. The number of anilines is 3. The van der Waals surface area contributed by atoms with Crippen LogP contribution in [-0.4, -0.2) is 38.3 Å². The standard InChI is InChI=1S/C13H20N4O5/c1-8-2-4-11(10(8)7-18)14-15-12-5-3-9(16(19)20)6-13(12)17(21)22/h3,5-6,8,10,15,18-22H,2,4,7H2,1H3. The number of rotatable bonds is 5. The molecule has 2 unspecified atom stereocenters. The van der Waals surface area contributed by atoms with Crippen LogP contribution in [0.15, 0.2) is 23.3 Å². The average molecular weight is 312 g/mol. The molecule has 0 aliphatic heterocycles. The van der Waals surface area contributed by atoms with Crippen molar-refractivity contribution in [2.45, 2.75) is 19.8 Å². The zero-order valence-corrected chi connectivity index (χ0v) is 12.1. The van der Waals surface area contributed by atoms with Crippen molar-refractivity contribution in [1.29, 1.82) is 0 Å². The van der Waals surface area contributed by atoms with Crippen LogP contribution in [-0.2, 0) is 0 Å². The molecule has 2 rings (SSSR count). The van der Waals surface area contributed by atoms with Crippen LogP contribution in [0.3, 0.4) is 0 Å². The van der Waals surface area contributed by atoms with Crippen LogP contribution >= 0.6 is 0 Å². The maximum absolute atomic E-state index is 9.39. The Bertz CT molecular complexity index is 549. The van der Waals surface area contributed by atoms with Crippen molar-refractivity contribution < 1.29 is 25.9 Å². The largest absolute Gasteiger partial charge is 0.396 e. The number of nitrogens with zero attached hydrogens (tertiary/aromatic N) is 3. The Morgan fingerprint density at radius 1 is 1.23 bits per heavy atom. The quantitative estimate of drug-likeness (QED) is 0.452. The molecule has 22 heavy (non-hydrogen) atoms. The van der Waals surface area contributed by atoms with Crippen molar-refractivity contribution in [2.75, 3.05) is 22.5 Å². The van der Waals surface area contributed by atoms with Crippen molar-refractivity contribution in [2.24, 2.45) is 16.9 Å². The Labute approximate surface area is 127 Å². The summed E-state index contributed by atoms with van der Waals surface area (Å²) in [5.41, 5.74) is 3.64. The molecule has 0 heterocycles. The van der Waals surface area contributed by atoms with Crippen LogP contribution in [0.2, 0.25) is 0 Å². The van der Waals surface area contributed by atoms with Gasteiger partial charge < -0.3 is 5.11 Å². The summed E-state index contributed by atoms with van der Waals surface area (Å²) in [6, 6.07) is 3.92. The summed E-state index contributed by atoms with van der Waals surface area (Å²) in [5.74, 6) is 0.330. The average Bonchev–Trinajstić information content (AvgIpc) is 2.84. The lowest BCUT2D eigenvalue weighted by molar-refractivity contribution is 0.0262. The van der Waals surface area contributed by atoms with E-state index in [9.17, 15) is 15.5 Å². The van der Waals surface area contributed by atoms with Crippen LogP contribution in [0.1, 0.15) is 19.8 Å². The van der Waals surface area contributed by atoms with Gasteiger partial charge in [-0.05, 0) is 37.0 Å².